The highest BCUT2D eigenvalue weighted by Gasteiger charge is 2.21. The third-order valence-corrected chi connectivity index (χ3v) is 4.36. The summed E-state index contributed by atoms with van der Waals surface area (Å²) in [4.78, 5) is 30.6. The molecule has 144 valence electrons. The monoisotopic (exact) mass is 390 g/mol. The predicted octanol–water partition coefficient (Wildman–Crippen LogP) is 3.88. The van der Waals surface area contributed by atoms with Gasteiger partial charge < -0.3 is 20.8 Å². The van der Waals surface area contributed by atoms with Gasteiger partial charge in [-0.2, -0.15) is 0 Å². The molecule has 4 N–H and O–H groups in total. The number of amides is 1. The third-order valence-electron chi connectivity index (χ3n) is 4.36. The number of nitrogens with one attached hydrogen (secondary N) is 2. The molecule has 8 heteroatoms. The van der Waals surface area contributed by atoms with Crippen molar-refractivity contribution in [2.75, 3.05) is 11.1 Å². The summed E-state index contributed by atoms with van der Waals surface area (Å²) in [7, 11) is 0. The second kappa shape index (κ2) is 7.43. The number of ketones is 1. The maximum Gasteiger partial charge on any atom is 0.211 e. The van der Waals surface area contributed by atoms with Crippen molar-refractivity contribution in [3.8, 4) is 11.5 Å². The molecule has 1 amide bonds. The largest absolute Gasteiger partial charge is 0.457 e. The number of para-hydroxylation sites is 1. The molecule has 7 nitrogen and oxygen atoms in total. The summed E-state index contributed by atoms with van der Waals surface area (Å²) in [5.41, 5.74) is 6.85. The van der Waals surface area contributed by atoms with Crippen LogP contribution in [0.2, 0.25) is 0 Å². The third kappa shape index (κ3) is 3.39. The van der Waals surface area contributed by atoms with Crippen LogP contribution in [0, 0.1) is 5.82 Å². The number of pyridine rings is 1. The van der Waals surface area contributed by atoms with E-state index in [0.29, 0.717) is 23.2 Å². The fraction of sp³-hybridized carbons (Fsp3) is 0. The van der Waals surface area contributed by atoms with E-state index in [1.807, 2.05) is 6.07 Å². The van der Waals surface area contributed by atoms with E-state index in [4.69, 9.17) is 10.5 Å². The van der Waals surface area contributed by atoms with E-state index in [1.165, 1.54) is 24.5 Å². The molecule has 0 saturated heterocycles. The molecule has 0 aliphatic heterocycles. The number of nitrogen functional groups attached to an aromatic ring is 1. The number of halogens is 1. The van der Waals surface area contributed by atoms with Crippen molar-refractivity contribution in [2.24, 2.45) is 0 Å². The van der Waals surface area contributed by atoms with Crippen molar-refractivity contribution in [2.45, 2.75) is 0 Å². The second-order valence-corrected chi connectivity index (χ2v) is 6.16. The minimum Gasteiger partial charge on any atom is -0.457 e. The van der Waals surface area contributed by atoms with Crippen molar-refractivity contribution in [1.82, 2.24) is 9.97 Å². The number of hydrogen-bond acceptors (Lipinski definition) is 5. The molecule has 4 rings (SSSR count). The van der Waals surface area contributed by atoms with Crippen molar-refractivity contribution in [3.05, 3.63) is 77.9 Å². The lowest BCUT2D eigenvalue weighted by Gasteiger charge is -2.09. The molecular weight excluding hydrogens is 375 g/mol. The standard InChI is InChI=1S/C21H15FN4O3/c22-16-8-13(29-12-4-2-1-3-5-12)6-7-14(16)20(28)15-9-24-21-18(15)19(23)17(10-25-21)26-11-27/h1-11H,(H,26,27)(H3,23,24,25). The first-order valence-electron chi connectivity index (χ1n) is 8.61. The topological polar surface area (TPSA) is 110 Å². The zero-order chi connectivity index (χ0) is 20.4. The van der Waals surface area contributed by atoms with Crippen molar-refractivity contribution in [1.29, 1.82) is 0 Å². The first kappa shape index (κ1) is 18.2. The molecule has 0 fully saturated rings. The Morgan fingerprint density at radius 2 is 1.93 bits per heavy atom. The number of fused-ring (bicyclic) bond motifs is 1. The Morgan fingerprint density at radius 1 is 1.14 bits per heavy atom. The molecule has 0 aliphatic rings. The van der Waals surface area contributed by atoms with Crippen LogP contribution in [-0.2, 0) is 4.79 Å². The smallest absolute Gasteiger partial charge is 0.211 e. The summed E-state index contributed by atoms with van der Waals surface area (Å²) in [6.07, 6.45) is 3.24. The zero-order valence-corrected chi connectivity index (χ0v) is 15.0. The Labute approximate surface area is 164 Å². The van der Waals surface area contributed by atoms with E-state index < -0.39 is 11.6 Å². The number of ether oxygens (including phenoxy) is 1. The predicted molar refractivity (Wildman–Crippen MR) is 107 cm³/mol. The SMILES string of the molecule is Nc1c(NC=O)cnc2[nH]cc(C(=O)c3ccc(Oc4ccccc4)cc3F)c12. The van der Waals surface area contributed by atoms with Gasteiger partial charge in [-0.1, -0.05) is 18.2 Å². The summed E-state index contributed by atoms with van der Waals surface area (Å²) in [6, 6.07) is 12.9. The molecule has 2 heterocycles. The summed E-state index contributed by atoms with van der Waals surface area (Å²) in [5.74, 6) is -0.484. The van der Waals surface area contributed by atoms with Crippen LogP contribution in [0.15, 0.2) is 60.9 Å². The molecule has 2 aromatic heterocycles. The number of aromatic nitrogens is 2. The first-order valence-corrected chi connectivity index (χ1v) is 8.61. The number of anilines is 2. The summed E-state index contributed by atoms with van der Waals surface area (Å²) >= 11 is 0. The van der Waals surface area contributed by atoms with E-state index in [1.54, 1.807) is 24.3 Å². The molecule has 0 unspecified atom stereocenters. The van der Waals surface area contributed by atoms with Gasteiger partial charge in [-0.05, 0) is 24.3 Å². The maximum atomic E-state index is 14.7. The van der Waals surface area contributed by atoms with E-state index >= 15 is 0 Å². The zero-order valence-electron chi connectivity index (χ0n) is 15.0. The van der Waals surface area contributed by atoms with E-state index in [9.17, 15) is 14.0 Å². The first-order chi connectivity index (χ1) is 14.1. The lowest BCUT2D eigenvalue weighted by molar-refractivity contribution is -0.105. The van der Waals surface area contributed by atoms with Crippen molar-refractivity contribution < 1.29 is 18.7 Å². The molecule has 29 heavy (non-hydrogen) atoms. The van der Waals surface area contributed by atoms with E-state index in [-0.39, 0.29) is 28.3 Å². The summed E-state index contributed by atoms with van der Waals surface area (Å²) in [5, 5.41) is 2.73. The van der Waals surface area contributed by atoms with Crippen LogP contribution in [0.3, 0.4) is 0 Å². The fourth-order valence-corrected chi connectivity index (χ4v) is 2.99. The number of carbonyl (C=O) groups is 2. The molecule has 0 radical (unpaired) electrons. The number of hydrogen-bond donors (Lipinski definition) is 3. The minimum atomic E-state index is -0.730. The number of benzene rings is 2. The lowest BCUT2D eigenvalue weighted by atomic mass is 10.0. The van der Waals surface area contributed by atoms with Gasteiger partial charge in [0, 0.05) is 12.3 Å². The van der Waals surface area contributed by atoms with Gasteiger partial charge in [-0.3, -0.25) is 9.59 Å². The van der Waals surface area contributed by atoms with Gasteiger partial charge in [-0.15, -0.1) is 0 Å². The van der Waals surface area contributed by atoms with Crippen molar-refractivity contribution >= 4 is 34.6 Å². The average Bonchev–Trinajstić information content (AvgIpc) is 3.16. The highest BCUT2D eigenvalue weighted by Crippen LogP contribution is 2.32. The normalized spacial score (nSPS) is 10.7. The molecule has 4 aromatic rings. The van der Waals surface area contributed by atoms with Crippen LogP contribution in [0.25, 0.3) is 11.0 Å². The summed E-state index contributed by atoms with van der Waals surface area (Å²) < 4.78 is 20.3. The Kier molecular flexibility index (Phi) is 4.66. The van der Waals surface area contributed by atoms with Crippen LogP contribution in [0.1, 0.15) is 15.9 Å². The van der Waals surface area contributed by atoms with Gasteiger partial charge in [-0.25, -0.2) is 9.37 Å². The molecule has 0 bridgehead atoms. The number of nitrogens with two attached hydrogens (primary N) is 1. The molecule has 2 aromatic carbocycles. The molecule has 0 atom stereocenters. The fourth-order valence-electron chi connectivity index (χ4n) is 2.99. The van der Waals surface area contributed by atoms with Crippen LogP contribution < -0.4 is 15.8 Å². The second-order valence-electron chi connectivity index (χ2n) is 6.16. The molecule has 0 saturated carbocycles. The minimum absolute atomic E-state index is 0.139. The highest BCUT2D eigenvalue weighted by atomic mass is 19.1. The van der Waals surface area contributed by atoms with E-state index in [0.717, 1.165) is 6.07 Å². The Bertz CT molecular complexity index is 1220. The Morgan fingerprint density at radius 3 is 2.66 bits per heavy atom. The van der Waals surface area contributed by atoms with Crippen LogP contribution >= 0.6 is 0 Å². The molecule has 0 spiro atoms. The van der Waals surface area contributed by atoms with Crippen molar-refractivity contribution in [3.63, 3.8) is 0 Å². The number of aromatic amines is 1. The molecule has 0 aliphatic carbocycles. The Balaban J connectivity index is 1.69. The Hall–Kier alpha value is -4.20. The maximum absolute atomic E-state index is 14.7. The lowest BCUT2D eigenvalue weighted by Crippen LogP contribution is -2.06. The summed E-state index contributed by atoms with van der Waals surface area (Å²) in [6.45, 7) is 0. The van der Waals surface area contributed by atoms with Gasteiger partial charge in [0.2, 0.25) is 6.41 Å². The van der Waals surface area contributed by atoms with Gasteiger partial charge >= 0.3 is 0 Å². The molecular formula is C21H15FN4O3. The van der Waals surface area contributed by atoms with Gasteiger partial charge in [0.15, 0.2) is 5.78 Å². The van der Waals surface area contributed by atoms with Gasteiger partial charge in [0.1, 0.15) is 23.0 Å². The number of carbonyl (C=O) groups excluding carboxylic acids is 2. The number of rotatable bonds is 6. The van der Waals surface area contributed by atoms with Crippen LogP contribution in [0.5, 0.6) is 11.5 Å². The van der Waals surface area contributed by atoms with Gasteiger partial charge in [0.05, 0.1) is 34.1 Å². The van der Waals surface area contributed by atoms with E-state index in [2.05, 4.69) is 15.3 Å². The van der Waals surface area contributed by atoms with Crippen LogP contribution in [0.4, 0.5) is 15.8 Å². The average molecular weight is 390 g/mol. The quantitative estimate of drug-likeness (QED) is 0.342. The highest BCUT2D eigenvalue weighted by molar-refractivity contribution is 6.19. The van der Waals surface area contributed by atoms with Gasteiger partial charge in [0.25, 0.3) is 0 Å². The van der Waals surface area contributed by atoms with Crippen LogP contribution in [-0.4, -0.2) is 22.2 Å². The number of nitrogens with zero attached hydrogens (tertiary/aromatic N) is 1. The number of H-pyrrole nitrogens is 1.